The third-order valence-electron chi connectivity index (χ3n) is 4.41. The van der Waals surface area contributed by atoms with Gasteiger partial charge < -0.3 is 21.3 Å². The Bertz CT molecular complexity index is 812. The Morgan fingerprint density at radius 1 is 1.35 bits per heavy atom. The molecule has 2 aromatic rings. The minimum absolute atomic E-state index is 0.374. The first-order chi connectivity index (χ1) is 12.6. The fraction of sp³-hybridized carbons (Fsp3) is 0.421. The van der Waals surface area contributed by atoms with Crippen molar-refractivity contribution in [3.63, 3.8) is 0 Å². The number of nitriles is 1. The molecule has 1 unspecified atom stereocenters. The van der Waals surface area contributed by atoms with E-state index in [9.17, 15) is 0 Å². The van der Waals surface area contributed by atoms with Crippen molar-refractivity contribution in [3.05, 3.63) is 35.5 Å². The number of piperazine rings is 1. The molecule has 136 valence electrons. The summed E-state index contributed by atoms with van der Waals surface area (Å²) in [4.78, 5) is 11.7. The number of nitrogens with one attached hydrogen (secondary N) is 2. The Kier molecular flexibility index (Phi) is 5.54. The number of rotatable bonds is 5. The summed E-state index contributed by atoms with van der Waals surface area (Å²) >= 11 is 0. The molecule has 1 atom stereocenters. The fourth-order valence-corrected chi connectivity index (χ4v) is 3.17. The van der Waals surface area contributed by atoms with Crippen LogP contribution in [0.1, 0.15) is 31.5 Å². The van der Waals surface area contributed by atoms with Crippen LogP contribution in [0.4, 0.5) is 23.1 Å². The number of aryl methyl sites for hydroxylation is 1. The molecule has 7 heteroatoms. The summed E-state index contributed by atoms with van der Waals surface area (Å²) in [5, 5.41) is 15.8. The number of anilines is 4. The molecule has 0 spiro atoms. The van der Waals surface area contributed by atoms with Gasteiger partial charge >= 0.3 is 0 Å². The highest BCUT2D eigenvalue weighted by Gasteiger charge is 2.20. The van der Waals surface area contributed by atoms with Crippen LogP contribution in [0.5, 0.6) is 0 Å². The molecule has 1 aromatic carbocycles. The first kappa shape index (κ1) is 18.0. The predicted octanol–water partition coefficient (Wildman–Crippen LogP) is 2.42. The molecular weight excluding hydrogens is 326 g/mol. The molecule has 1 aromatic heterocycles. The lowest BCUT2D eigenvalue weighted by Gasteiger charge is -2.35. The number of nitrogens with zero attached hydrogens (tertiary/aromatic N) is 4. The second-order valence-electron chi connectivity index (χ2n) is 6.62. The van der Waals surface area contributed by atoms with Crippen LogP contribution >= 0.6 is 0 Å². The summed E-state index contributed by atoms with van der Waals surface area (Å²) in [6.07, 6.45) is 1.91. The van der Waals surface area contributed by atoms with E-state index in [1.54, 1.807) is 18.2 Å². The SMILES string of the molecule is CCCc1cc(N2CCNCC2C)nc(Nc2cc(N)cc(C#N)c2)n1. The van der Waals surface area contributed by atoms with E-state index in [1.165, 1.54) is 0 Å². The zero-order valence-corrected chi connectivity index (χ0v) is 15.3. The third-order valence-corrected chi connectivity index (χ3v) is 4.41. The monoisotopic (exact) mass is 351 g/mol. The minimum atomic E-state index is 0.374. The highest BCUT2D eigenvalue weighted by molar-refractivity contribution is 5.64. The number of nitrogen functional groups attached to an aromatic ring is 1. The van der Waals surface area contributed by atoms with Crippen molar-refractivity contribution in [3.8, 4) is 6.07 Å². The summed E-state index contributed by atoms with van der Waals surface area (Å²) in [5.74, 6) is 1.47. The lowest BCUT2D eigenvalue weighted by atomic mass is 10.2. The van der Waals surface area contributed by atoms with E-state index >= 15 is 0 Å². The Balaban J connectivity index is 1.93. The summed E-state index contributed by atoms with van der Waals surface area (Å²) in [5.41, 5.74) is 8.65. The van der Waals surface area contributed by atoms with E-state index in [0.29, 0.717) is 23.2 Å². The molecule has 3 rings (SSSR count). The quantitative estimate of drug-likeness (QED) is 0.711. The minimum Gasteiger partial charge on any atom is -0.399 e. The molecule has 1 aliphatic rings. The van der Waals surface area contributed by atoms with Crippen LogP contribution in [0.25, 0.3) is 0 Å². The number of hydrogen-bond donors (Lipinski definition) is 3. The maximum Gasteiger partial charge on any atom is 0.229 e. The van der Waals surface area contributed by atoms with Gasteiger partial charge in [0.2, 0.25) is 5.95 Å². The van der Waals surface area contributed by atoms with Gasteiger partial charge in [0.05, 0.1) is 11.6 Å². The number of nitrogens with two attached hydrogens (primary N) is 1. The average Bonchev–Trinajstić information content (AvgIpc) is 2.61. The van der Waals surface area contributed by atoms with Gasteiger partial charge in [0.25, 0.3) is 0 Å². The van der Waals surface area contributed by atoms with Crippen molar-refractivity contribution >= 4 is 23.1 Å². The first-order valence-corrected chi connectivity index (χ1v) is 9.02. The van der Waals surface area contributed by atoms with Crippen LogP contribution in [0.2, 0.25) is 0 Å². The first-order valence-electron chi connectivity index (χ1n) is 9.02. The highest BCUT2D eigenvalue weighted by atomic mass is 15.3. The van der Waals surface area contributed by atoms with Crippen LogP contribution in [0.15, 0.2) is 24.3 Å². The van der Waals surface area contributed by atoms with Crippen LogP contribution in [-0.4, -0.2) is 35.6 Å². The fourth-order valence-electron chi connectivity index (χ4n) is 3.17. The number of aromatic nitrogens is 2. The normalized spacial score (nSPS) is 17.0. The Labute approximate surface area is 154 Å². The lowest BCUT2D eigenvalue weighted by Crippen LogP contribution is -2.50. The summed E-state index contributed by atoms with van der Waals surface area (Å²) in [6.45, 7) is 7.13. The standard InChI is InChI=1S/C19H25N7/c1-3-4-16-10-18(26-6-5-22-12-13(26)2)25-19(23-16)24-17-8-14(11-20)7-15(21)9-17/h7-10,13,22H,3-6,12,21H2,1-2H3,(H,23,24,25). The molecule has 1 fully saturated rings. The summed E-state index contributed by atoms with van der Waals surface area (Å²) in [6, 6.07) is 9.75. The molecule has 4 N–H and O–H groups in total. The molecule has 0 aliphatic carbocycles. The number of benzene rings is 1. The lowest BCUT2D eigenvalue weighted by molar-refractivity contribution is 0.497. The van der Waals surface area contributed by atoms with Crippen LogP contribution in [0.3, 0.4) is 0 Å². The molecule has 0 amide bonds. The van der Waals surface area contributed by atoms with Gasteiger partial charge in [-0.05, 0) is 31.5 Å². The summed E-state index contributed by atoms with van der Waals surface area (Å²) in [7, 11) is 0. The average molecular weight is 351 g/mol. The molecule has 1 aliphatic heterocycles. The predicted molar refractivity (Wildman–Crippen MR) is 105 cm³/mol. The van der Waals surface area contributed by atoms with Gasteiger partial charge in [0.1, 0.15) is 5.82 Å². The van der Waals surface area contributed by atoms with E-state index in [1.807, 2.05) is 0 Å². The van der Waals surface area contributed by atoms with Gasteiger partial charge in [-0.2, -0.15) is 10.2 Å². The smallest absolute Gasteiger partial charge is 0.229 e. The molecular formula is C19H25N7. The van der Waals surface area contributed by atoms with Crippen LogP contribution in [-0.2, 0) is 6.42 Å². The summed E-state index contributed by atoms with van der Waals surface area (Å²) < 4.78 is 0. The van der Waals surface area contributed by atoms with Gasteiger partial charge in [-0.15, -0.1) is 0 Å². The van der Waals surface area contributed by atoms with E-state index < -0.39 is 0 Å². The van der Waals surface area contributed by atoms with Crippen molar-refractivity contribution < 1.29 is 0 Å². The van der Waals surface area contributed by atoms with Gasteiger partial charge in [-0.3, -0.25) is 0 Å². The van der Waals surface area contributed by atoms with Crippen molar-refractivity contribution in [1.29, 1.82) is 5.26 Å². The molecule has 0 radical (unpaired) electrons. The van der Waals surface area contributed by atoms with Crippen LogP contribution < -0.4 is 21.3 Å². The molecule has 0 saturated carbocycles. The second kappa shape index (κ2) is 8.02. The maximum absolute atomic E-state index is 9.13. The zero-order chi connectivity index (χ0) is 18.5. The maximum atomic E-state index is 9.13. The molecule has 2 heterocycles. The van der Waals surface area contributed by atoms with Crippen molar-refractivity contribution in [2.45, 2.75) is 32.7 Å². The van der Waals surface area contributed by atoms with E-state index in [0.717, 1.165) is 49.7 Å². The van der Waals surface area contributed by atoms with E-state index in [-0.39, 0.29) is 0 Å². The van der Waals surface area contributed by atoms with Crippen molar-refractivity contribution in [2.75, 3.05) is 35.6 Å². The van der Waals surface area contributed by atoms with Crippen LogP contribution in [0, 0.1) is 11.3 Å². The highest BCUT2D eigenvalue weighted by Crippen LogP contribution is 2.23. The Morgan fingerprint density at radius 2 is 2.19 bits per heavy atom. The second-order valence-corrected chi connectivity index (χ2v) is 6.62. The third kappa shape index (κ3) is 4.21. The largest absolute Gasteiger partial charge is 0.399 e. The van der Waals surface area contributed by atoms with Gasteiger partial charge in [0, 0.05) is 48.8 Å². The topological polar surface area (TPSA) is 103 Å². The molecule has 0 bridgehead atoms. The van der Waals surface area contributed by atoms with Gasteiger partial charge in [0.15, 0.2) is 0 Å². The van der Waals surface area contributed by atoms with E-state index in [2.05, 4.69) is 46.5 Å². The number of hydrogen-bond acceptors (Lipinski definition) is 7. The molecule has 26 heavy (non-hydrogen) atoms. The molecule has 7 nitrogen and oxygen atoms in total. The molecule has 1 saturated heterocycles. The van der Waals surface area contributed by atoms with Crippen molar-refractivity contribution in [2.24, 2.45) is 0 Å². The van der Waals surface area contributed by atoms with E-state index in [4.69, 9.17) is 16.0 Å². The Morgan fingerprint density at radius 3 is 2.92 bits per heavy atom. The van der Waals surface area contributed by atoms with Crippen molar-refractivity contribution in [1.82, 2.24) is 15.3 Å². The zero-order valence-electron chi connectivity index (χ0n) is 15.3. The van der Waals surface area contributed by atoms with Gasteiger partial charge in [-0.25, -0.2) is 4.98 Å². The van der Waals surface area contributed by atoms with Gasteiger partial charge in [-0.1, -0.05) is 13.3 Å². The Hall–Kier alpha value is -2.85.